The van der Waals surface area contributed by atoms with Gasteiger partial charge in [-0.05, 0) is 61.7 Å². The number of hydrogen-bond donors (Lipinski definition) is 1. The zero-order valence-electron chi connectivity index (χ0n) is 14.2. The van der Waals surface area contributed by atoms with Gasteiger partial charge in [-0.15, -0.1) is 0 Å². The van der Waals surface area contributed by atoms with Crippen LogP contribution in [0.2, 0.25) is 0 Å². The van der Waals surface area contributed by atoms with Crippen LogP contribution in [0.5, 0.6) is 0 Å². The molecular formula is C20H21N3O2. The standard InChI is InChI=1S/C20H21N3O2/c1-3-19(24)23-12-6-7-15-13-16(9-10-18(15)23)20(25)22-14(2)17-8-4-5-11-21-17/h3-5,8-11,13-14H,1,6-7,12H2,2H3,(H,22,25)/t14-/m0/s1. The van der Waals surface area contributed by atoms with Crippen molar-refractivity contribution in [2.75, 3.05) is 11.4 Å². The van der Waals surface area contributed by atoms with Crippen molar-refractivity contribution in [1.29, 1.82) is 0 Å². The third kappa shape index (κ3) is 3.60. The smallest absolute Gasteiger partial charge is 0.251 e. The number of aromatic nitrogens is 1. The minimum Gasteiger partial charge on any atom is -0.344 e. The first-order valence-corrected chi connectivity index (χ1v) is 8.39. The van der Waals surface area contributed by atoms with E-state index >= 15 is 0 Å². The van der Waals surface area contributed by atoms with Crippen molar-refractivity contribution < 1.29 is 9.59 Å². The second-order valence-electron chi connectivity index (χ2n) is 6.09. The van der Waals surface area contributed by atoms with E-state index in [-0.39, 0.29) is 17.9 Å². The van der Waals surface area contributed by atoms with Crippen LogP contribution in [0.4, 0.5) is 5.69 Å². The zero-order chi connectivity index (χ0) is 17.8. The number of nitrogens with one attached hydrogen (secondary N) is 1. The number of amides is 2. The van der Waals surface area contributed by atoms with Crippen molar-refractivity contribution in [3.63, 3.8) is 0 Å². The number of aryl methyl sites for hydroxylation is 1. The van der Waals surface area contributed by atoms with Gasteiger partial charge in [-0.25, -0.2) is 0 Å². The van der Waals surface area contributed by atoms with Gasteiger partial charge in [-0.2, -0.15) is 0 Å². The number of fused-ring (bicyclic) bond motifs is 1. The number of pyridine rings is 1. The Kier molecular flexibility index (Phi) is 4.93. The number of carbonyl (C=O) groups is 2. The Balaban J connectivity index is 1.78. The van der Waals surface area contributed by atoms with Crippen molar-refractivity contribution in [2.24, 2.45) is 0 Å². The number of benzene rings is 1. The van der Waals surface area contributed by atoms with Gasteiger partial charge in [0.25, 0.3) is 5.91 Å². The third-order valence-electron chi connectivity index (χ3n) is 4.38. The van der Waals surface area contributed by atoms with Gasteiger partial charge in [0.05, 0.1) is 11.7 Å². The molecular weight excluding hydrogens is 314 g/mol. The average Bonchev–Trinajstić information content (AvgIpc) is 2.67. The summed E-state index contributed by atoms with van der Waals surface area (Å²) in [6.45, 7) is 6.14. The molecule has 0 saturated carbocycles. The summed E-state index contributed by atoms with van der Waals surface area (Å²) < 4.78 is 0. The van der Waals surface area contributed by atoms with E-state index in [1.165, 1.54) is 6.08 Å². The maximum atomic E-state index is 12.6. The fraction of sp³-hybridized carbons (Fsp3) is 0.250. The predicted molar refractivity (Wildman–Crippen MR) is 97.4 cm³/mol. The van der Waals surface area contributed by atoms with Gasteiger partial charge in [0.2, 0.25) is 5.91 Å². The molecule has 1 aliphatic rings. The largest absolute Gasteiger partial charge is 0.344 e. The highest BCUT2D eigenvalue weighted by molar-refractivity contribution is 6.02. The van der Waals surface area contributed by atoms with E-state index in [1.807, 2.05) is 37.3 Å². The Labute approximate surface area is 147 Å². The molecule has 2 amide bonds. The molecule has 128 valence electrons. The van der Waals surface area contributed by atoms with Gasteiger partial charge < -0.3 is 10.2 Å². The van der Waals surface area contributed by atoms with Crippen LogP contribution in [0.15, 0.2) is 55.3 Å². The Morgan fingerprint density at radius 2 is 2.16 bits per heavy atom. The van der Waals surface area contributed by atoms with Gasteiger partial charge >= 0.3 is 0 Å². The van der Waals surface area contributed by atoms with Crippen LogP contribution >= 0.6 is 0 Å². The first kappa shape index (κ1) is 16.9. The van der Waals surface area contributed by atoms with Gasteiger partial charge in [-0.1, -0.05) is 12.6 Å². The lowest BCUT2D eigenvalue weighted by Crippen LogP contribution is -2.34. The van der Waals surface area contributed by atoms with Gasteiger partial charge in [0.15, 0.2) is 0 Å². The molecule has 1 aromatic carbocycles. The Morgan fingerprint density at radius 1 is 1.32 bits per heavy atom. The van der Waals surface area contributed by atoms with E-state index in [2.05, 4.69) is 16.9 Å². The van der Waals surface area contributed by atoms with Crippen molar-refractivity contribution in [2.45, 2.75) is 25.8 Å². The fourth-order valence-corrected chi connectivity index (χ4v) is 3.06. The summed E-state index contributed by atoms with van der Waals surface area (Å²) >= 11 is 0. The van der Waals surface area contributed by atoms with Gasteiger partial charge in [0.1, 0.15) is 0 Å². The van der Waals surface area contributed by atoms with Crippen molar-refractivity contribution in [3.8, 4) is 0 Å². The van der Waals surface area contributed by atoms with Gasteiger partial charge in [0, 0.05) is 24.0 Å². The SMILES string of the molecule is C=CC(=O)N1CCCc2cc(C(=O)N[C@@H](C)c3ccccn3)ccc21. The van der Waals surface area contributed by atoms with Crippen LogP contribution in [0.3, 0.4) is 0 Å². The monoisotopic (exact) mass is 335 g/mol. The fourth-order valence-electron chi connectivity index (χ4n) is 3.06. The lowest BCUT2D eigenvalue weighted by atomic mass is 9.98. The van der Waals surface area contributed by atoms with Crippen LogP contribution in [-0.4, -0.2) is 23.3 Å². The number of carbonyl (C=O) groups excluding carboxylic acids is 2. The summed E-state index contributed by atoms with van der Waals surface area (Å²) in [5.74, 6) is -0.255. The number of nitrogens with zero attached hydrogens (tertiary/aromatic N) is 2. The summed E-state index contributed by atoms with van der Waals surface area (Å²) in [4.78, 5) is 30.5. The molecule has 2 heterocycles. The maximum absolute atomic E-state index is 12.6. The normalized spacial score (nSPS) is 14.4. The average molecular weight is 335 g/mol. The van der Waals surface area contributed by atoms with E-state index in [0.717, 1.165) is 29.8 Å². The van der Waals surface area contributed by atoms with Crippen molar-refractivity contribution in [3.05, 3.63) is 72.1 Å². The Hall–Kier alpha value is -2.95. The quantitative estimate of drug-likeness (QED) is 0.874. The molecule has 0 unspecified atom stereocenters. The molecule has 25 heavy (non-hydrogen) atoms. The second-order valence-corrected chi connectivity index (χ2v) is 6.09. The van der Waals surface area contributed by atoms with Gasteiger partial charge in [-0.3, -0.25) is 14.6 Å². The van der Waals surface area contributed by atoms with E-state index in [4.69, 9.17) is 0 Å². The molecule has 5 heteroatoms. The first-order valence-electron chi connectivity index (χ1n) is 8.39. The van der Waals surface area contributed by atoms with Crippen molar-refractivity contribution >= 4 is 17.5 Å². The van der Waals surface area contributed by atoms with Crippen LogP contribution in [-0.2, 0) is 11.2 Å². The molecule has 1 atom stereocenters. The molecule has 0 radical (unpaired) electrons. The molecule has 5 nitrogen and oxygen atoms in total. The highest BCUT2D eigenvalue weighted by Gasteiger charge is 2.22. The minimum absolute atomic E-state index is 0.109. The highest BCUT2D eigenvalue weighted by atomic mass is 16.2. The molecule has 1 aromatic heterocycles. The first-order chi connectivity index (χ1) is 12.1. The summed E-state index contributed by atoms with van der Waals surface area (Å²) in [5.41, 5.74) is 3.29. The Morgan fingerprint density at radius 3 is 2.88 bits per heavy atom. The van der Waals surface area contributed by atoms with Crippen molar-refractivity contribution in [1.82, 2.24) is 10.3 Å². The van der Waals surface area contributed by atoms with Crippen LogP contribution in [0, 0.1) is 0 Å². The molecule has 0 bridgehead atoms. The van der Waals surface area contributed by atoms with Crippen LogP contribution in [0.25, 0.3) is 0 Å². The lowest BCUT2D eigenvalue weighted by Gasteiger charge is -2.29. The van der Waals surface area contributed by atoms with E-state index < -0.39 is 0 Å². The molecule has 0 spiro atoms. The van der Waals surface area contributed by atoms with Crippen LogP contribution in [0.1, 0.15) is 41.0 Å². The maximum Gasteiger partial charge on any atom is 0.251 e. The summed E-state index contributed by atoms with van der Waals surface area (Å²) in [5, 5.41) is 2.97. The second kappa shape index (κ2) is 7.30. The molecule has 1 aliphatic heterocycles. The molecule has 0 aliphatic carbocycles. The lowest BCUT2D eigenvalue weighted by molar-refractivity contribution is -0.114. The molecule has 3 rings (SSSR count). The number of anilines is 1. The summed E-state index contributed by atoms with van der Waals surface area (Å²) in [7, 11) is 0. The van der Waals surface area contributed by atoms with Crippen LogP contribution < -0.4 is 10.2 Å². The molecule has 0 fully saturated rings. The van der Waals surface area contributed by atoms with E-state index in [1.54, 1.807) is 17.2 Å². The topological polar surface area (TPSA) is 62.3 Å². The Bertz CT molecular complexity index is 802. The predicted octanol–water partition coefficient (Wildman–Crippen LogP) is 3.04. The minimum atomic E-state index is -0.177. The van der Waals surface area contributed by atoms with E-state index in [0.29, 0.717) is 12.1 Å². The number of hydrogen-bond acceptors (Lipinski definition) is 3. The highest BCUT2D eigenvalue weighted by Crippen LogP contribution is 2.28. The molecule has 0 saturated heterocycles. The van der Waals surface area contributed by atoms with E-state index in [9.17, 15) is 9.59 Å². The third-order valence-corrected chi connectivity index (χ3v) is 4.38. The zero-order valence-corrected chi connectivity index (χ0v) is 14.2. The summed E-state index contributed by atoms with van der Waals surface area (Å²) in [6.07, 6.45) is 4.77. The molecule has 1 N–H and O–H groups in total. The number of rotatable bonds is 4. The molecule has 2 aromatic rings. The summed E-state index contributed by atoms with van der Waals surface area (Å²) in [6, 6.07) is 10.9.